The summed E-state index contributed by atoms with van der Waals surface area (Å²) in [6.45, 7) is 7.13. The van der Waals surface area contributed by atoms with Gasteiger partial charge in [0.05, 0.1) is 4.88 Å². The monoisotopic (exact) mass is 328 g/mol. The molecule has 2 aromatic rings. The number of hydrogen-bond donors (Lipinski definition) is 0. The molecule has 1 unspecified atom stereocenters. The number of carbonyl (C=O) groups is 1. The van der Waals surface area contributed by atoms with Gasteiger partial charge in [-0.3, -0.25) is 9.69 Å². The van der Waals surface area contributed by atoms with E-state index in [0.717, 1.165) is 30.9 Å². The smallest absolute Gasteiger partial charge is 0.263 e. The fourth-order valence-electron chi connectivity index (χ4n) is 3.13. The maximum atomic E-state index is 12.7. The number of aryl methyl sites for hydroxylation is 2. The lowest BCUT2D eigenvalue weighted by atomic mass is 10.2. The van der Waals surface area contributed by atoms with Crippen molar-refractivity contribution in [2.45, 2.75) is 32.9 Å². The van der Waals surface area contributed by atoms with Crippen LogP contribution in [0.25, 0.3) is 0 Å². The number of benzene rings is 1. The molecule has 1 aromatic heterocycles. The average molecular weight is 328 g/mol. The second-order valence-electron chi connectivity index (χ2n) is 6.43. The number of thiophene rings is 1. The Morgan fingerprint density at radius 1 is 1.30 bits per heavy atom. The topological polar surface area (TPSA) is 23.6 Å². The molecule has 0 saturated carbocycles. The standard InChI is InChI=1S/C19H24N2OS/c1-14-11-18(23-15(14)2)19(22)20(3)17-9-10-21(13-17)12-16-7-5-4-6-8-16/h4-8,11,17H,9-10,12-13H2,1-3H3. The summed E-state index contributed by atoms with van der Waals surface area (Å²) in [5.74, 6) is 0.165. The molecule has 3 rings (SSSR count). The summed E-state index contributed by atoms with van der Waals surface area (Å²) >= 11 is 1.61. The van der Waals surface area contributed by atoms with Crippen molar-refractivity contribution in [2.24, 2.45) is 0 Å². The molecule has 4 heteroatoms. The van der Waals surface area contributed by atoms with Crippen LogP contribution in [0, 0.1) is 13.8 Å². The molecule has 0 spiro atoms. The summed E-state index contributed by atoms with van der Waals surface area (Å²) in [6.07, 6.45) is 1.05. The summed E-state index contributed by atoms with van der Waals surface area (Å²) < 4.78 is 0. The Balaban J connectivity index is 1.60. The Morgan fingerprint density at radius 2 is 2.04 bits per heavy atom. The van der Waals surface area contributed by atoms with Gasteiger partial charge in [-0.1, -0.05) is 30.3 Å². The van der Waals surface area contributed by atoms with E-state index in [0.29, 0.717) is 6.04 Å². The van der Waals surface area contributed by atoms with Gasteiger partial charge in [0.25, 0.3) is 5.91 Å². The van der Waals surface area contributed by atoms with Crippen LogP contribution in [-0.4, -0.2) is 41.9 Å². The minimum atomic E-state index is 0.165. The Bertz CT molecular complexity index is 660. The minimum Gasteiger partial charge on any atom is -0.337 e. The Labute approximate surface area is 142 Å². The van der Waals surface area contributed by atoms with E-state index in [-0.39, 0.29) is 5.91 Å². The van der Waals surface area contributed by atoms with Gasteiger partial charge in [-0.25, -0.2) is 0 Å². The van der Waals surface area contributed by atoms with Crippen molar-refractivity contribution in [1.29, 1.82) is 0 Å². The number of nitrogens with zero attached hydrogens (tertiary/aromatic N) is 2. The van der Waals surface area contributed by atoms with Crippen molar-refractivity contribution in [2.75, 3.05) is 20.1 Å². The van der Waals surface area contributed by atoms with Gasteiger partial charge in [0.2, 0.25) is 0 Å². The number of rotatable bonds is 4. The predicted octanol–water partition coefficient (Wildman–Crippen LogP) is 3.71. The molecule has 1 fully saturated rings. The highest BCUT2D eigenvalue weighted by Crippen LogP contribution is 2.24. The van der Waals surface area contributed by atoms with Crippen LogP contribution in [-0.2, 0) is 6.54 Å². The number of carbonyl (C=O) groups excluding carboxylic acids is 1. The lowest BCUT2D eigenvalue weighted by Gasteiger charge is -2.24. The van der Waals surface area contributed by atoms with E-state index in [1.807, 2.05) is 24.1 Å². The molecule has 23 heavy (non-hydrogen) atoms. The molecular formula is C19H24N2OS. The Hall–Kier alpha value is -1.65. The molecule has 0 aliphatic carbocycles. The van der Waals surface area contributed by atoms with E-state index in [2.05, 4.69) is 43.0 Å². The fourth-order valence-corrected chi connectivity index (χ4v) is 4.15. The first kappa shape index (κ1) is 16.2. The summed E-state index contributed by atoms with van der Waals surface area (Å²) in [4.78, 5) is 19.2. The molecule has 1 aliphatic heterocycles. The maximum absolute atomic E-state index is 12.7. The molecule has 1 saturated heterocycles. The Morgan fingerprint density at radius 3 is 2.70 bits per heavy atom. The zero-order chi connectivity index (χ0) is 16.4. The fraction of sp³-hybridized carbons (Fsp3) is 0.421. The summed E-state index contributed by atoms with van der Waals surface area (Å²) in [5.41, 5.74) is 2.55. The number of likely N-dealkylation sites (tertiary alicyclic amines) is 1. The van der Waals surface area contributed by atoms with Gasteiger partial charge in [-0.15, -0.1) is 11.3 Å². The predicted molar refractivity (Wildman–Crippen MR) is 96.0 cm³/mol. The first-order valence-corrected chi connectivity index (χ1v) is 8.96. The second-order valence-corrected chi connectivity index (χ2v) is 7.69. The van der Waals surface area contributed by atoms with Crippen molar-refractivity contribution in [3.63, 3.8) is 0 Å². The normalized spacial score (nSPS) is 18.3. The number of likely N-dealkylation sites (N-methyl/N-ethyl adjacent to an activating group) is 1. The van der Waals surface area contributed by atoms with Crippen molar-refractivity contribution >= 4 is 17.2 Å². The van der Waals surface area contributed by atoms with Crippen LogP contribution >= 0.6 is 11.3 Å². The van der Waals surface area contributed by atoms with Crippen LogP contribution in [0.3, 0.4) is 0 Å². The first-order valence-electron chi connectivity index (χ1n) is 8.15. The zero-order valence-corrected chi connectivity index (χ0v) is 14.9. The largest absolute Gasteiger partial charge is 0.337 e. The zero-order valence-electron chi connectivity index (χ0n) is 14.1. The van der Waals surface area contributed by atoms with Gasteiger partial charge in [0.1, 0.15) is 0 Å². The molecule has 0 N–H and O–H groups in total. The average Bonchev–Trinajstić information content (AvgIpc) is 3.14. The molecule has 2 heterocycles. The van der Waals surface area contributed by atoms with Gasteiger partial charge >= 0.3 is 0 Å². The van der Waals surface area contributed by atoms with Crippen molar-refractivity contribution < 1.29 is 4.79 Å². The molecule has 1 atom stereocenters. The molecule has 1 amide bonds. The summed E-state index contributed by atoms with van der Waals surface area (Å²) in [7, 11) is 1.95. The highest BCUT2D eigenvalue weighted by atomic mass is 32.1. The molecular weight excluding hydrogens is 304 g/mol. The quantitative estimate of drug-likeness (QED) is 0.854. The van der Waals surface area contributed by atoms with E-state index < -0.39 is 0 Å². The first-order chi connectivity index (χ1) is 11.0. The second kappa shape index (κ2) is 6.85. The third-order valence-corrected chi connectivity index (χ3v) is 5.88. The lowest BCUT2D eigenvalue weighted by molar-refractivity contribution is 0.0739. The van der Waals surface area contributed by atoms with Crippen LogP contribution in [0.2, 0.25) is 0 Å². The van der Waals surface area contributed by atoms with E-state index >= 15 is 0 Å². The van der Waals surface area contributed by atoms with Crippen molar-refractivity contribution in [3.8, 4) is 0 Å². The molecule has 122 valence electrons. The van der Waals surface area contributed by atoms with Crippen LogP contribution < -0.4 is 0 Å². The lowest BCUT2D eigenvalue weighted by Crippen LogP contribution is -2.38. The molecule has 1 aromatic carbocycles. The van der Waals surface area contributed by atoms with Gasteiger partial charge in [-0.05, 0) is 37.5 Å². The third kappa shape index (κ3) is 3.65. The summed E-state index contributed by atoms with van der Waals surface area (Å²) in [5, 5.41) is 0. The third-order valence-electron chi connectivity index (χ3n) is 4.74. The van der Waals surface area contributed by atoms with Crippen LogP contribution in [0.1, 0.15) is 32.1 Å². The van der Waals surface area contributed by atoms with E-state index in [1.54, 1.807) is 11.3 Å². The molecule has 1 aliphatic rings. The van der Waals surface area contributed by atoms with Gasteiger partial charge in [0, 0.05) is 37.6 Å². The number of hydrogen-bond acceptors (Lipinski definition) is 3. The van der Waals surface area contributed by atoms with E-state index in [4.69, 9.17) is 0 Å². The summed E-state index contributed by atoms with van der Waals surface area (Å²) in [6, 6.07) is 12.9. The van der Waals surface area contributed by atoms with Gasteiger partial charge in [-0.2, -0.15) is 0 Å². The maximum Gasteiger partial charge on any atom is 0.263 e. The van der Waals surface area contributed by atoms with E-state index in [1.165, 1.54) is 16.0 Å². The van der Waals surface area contributed by atoms with Gasteiger partial charge in [0.15, 0.2) is 0 Å². The highest BCUT2D eigenvalue weighted by molar-refractivity contribution is 7.14. The van der Waals surface area contributed by atoms with Crippen LogP contribution in [0.15, 0.2) is 36.4 Å². The molecule has 0 radical (unpaired) electrons. The molecule has 0 bridgehead atoms. The molecule has 3 nitrogen and oxygen atoms in total. The van der Waals surface area contributed by atoms with Crippen molar-refractivity contribution in [1.82, 2.24) is 9.80 Å². The van der Waals surface area contributed by atoms with Crippen LogP contribution in [0.4, 0.5) is 0 Å². The number of amides is 1. The highest BCUT2D eigenvalue weighted by Gasteiger charge is 2.29. The van der Waals surface area contributed by atoms with Crippen LogP contribution in [0.5, 0.6) is 0 Å². The van der Waals surface area contributed by atoms with E-state index in [9.17, 15) is 4.79 Å². The Kier molecular flexibility index (Phi) is 4.83. The minimum absolute atomic E-state index is 0.165. The van der Waals surface area contributed by atoms with Gasteiger partial charge < -0.3 is 4.90 Å². The van der Waals surface area contributed by atoms with Crippen molar-refractivity contribution in [3.05, 3.63) is 57.3 Å². The SMILES string of the molecule is Cc1cc(C(=O)N(C)C2CCN(Cc3ccccc3)C2)sc1C.